The maximum atomic E-state index is 6.29. The highest BCUT2D eigenvalue weighted by Gasteiger charge is 2.15. The average molecular weight is 433 g/mol. The van der Waals surface area contributed by atoms with Crippen LogP contribution in [0.2, 0.25) is 0 Å². The number of anilines is 1. The highest BCUT2D eigenvalue weighted by Crippen LogP contribution is 2.32. The second kappa shape index (κ2) is 10.9. The topological polar surface area (TPSA) is 51.8 Å². The molecule has 168 valence electrons. The third-order valence-corrected chi connectivity index (χ3v) is 5.90. The molecule has 0 amide bonds. The van der Waals surface area contributed by atoms with Crippen LogP contribution in [0.3, 0.4) is 0 Å². The highest BCUT2D eigenvalue weighted by molar-refractivity contribution is 5.59. The first kappa shape index (κ1) is 22.0. The lowest BCUT2D eigenvalue weighted by Crippen LogP contribution is -2.29. The molecule has 1 saturated heterocycles. The second-order valence-electron chi connectivity index (χ2n) is 8.13. The molecule has 5 heteroatoms. The maximum absolute atomic E-state index is 6.29. The van der Waals surface area contributed by atoms with Crippen molar-refractivity contribution in [2.75, 3.05) is 32.6 Å². The van der Waals surface area contributed by atoms with E-state index in [1.807, 2.05) is 36.4 Å². The molecule has 0 spiro atoms. The molecule has 0 unspecified atom stereocenters. The molecule has 0 bridgehead atoms. The van der Waals surface area contributed by atoms with Crippen LogP contribution in [0.1, 0.15) is 24.0 Å². The Morgan fingerprint density at radius 1 is 0.812 bits per heavy atom. The number of methoxy groups -OCH3 is 2. The Balaban J connectivity index is 1.48. The van der Waals surface area contributed by atoms with Crippen LogP contribution in [0.25, 0.3) is 0 Å². The monoisotopic (exact) mass is 432 g/mol. The van der Waals surface area contributed by atoms with E-state index in [0.29, 0.717) is 6.04 Å². The van der Waals surface area contributed by atoms with Gasteiger partial charge in [-0.15, -0.1) is 0 Å². The van der Waals surface area contributed by atoms with Crippen molar-refractivity contribution in [1.29, 1.82) is 0 Å². The molecule has 0 aliphatic carbocycles. The van der Waals surface area contributed by atoms with Crippen molar-refractivity contribution in [3.05, 3.63) is 77.9 Å². The Kier molecular flexibility index (Phi) is 7.51. The van der Waals surface area contributed by atoms with Gasteiger partial charge in [-0.05, 0) is 91.9 Å². The lowest BCUT2D eigenvalue weighted by molar-refractivity contribution is 0.413. The van der Waals surface area contributed by atoms with Crippen molar-refractivity contribution in [1.82, 2.24) is 5.32 Å². The normalized spacial score (nSPS) is 15.4. The van der Waals surface area contributed by atoms with Gasteiger partial charge in [-0.3, -0.25) is 0 Å². The minimum absolute atomic E-state index is 0.513. The summed E-state index contributed by atoms with van der Waals surface area (Å²) in [6.07, 6.45) is 4.36. The fourth-order valence-electron chi connectivity index (χ4n) is 3.97. The van der Waals surface area contributed by atoms with Gasteiger partial charge < -0.3 is 24.8 Å². The smallest absolute Gasteiger partial charge is 0.150 e. The molecule has 1 aliphatic rings. The molecule has 32 heavy (non-hydrogen) atoms. The summed E-state index contributed by atoms with van der Waals surface area (Å²) in [5.74, 6) is 3.34. The maximum Gasteiger partial charge on any atom is 0.150 e. The van der Waals surface area contributed by atoms with Gasteiger partial charge in [0.05, 0.1) is 19.9 Å². The Hall–Kier alpha value is -3.18. The zero-order valence-corrected chi connectivity index (χ0v) is 18.9. The minimum Gasteiger partial charge on any atom is -0.497 e. The number of ether oxygens (including phenoxy) is 3. The molecule has 0 saturated carbocycles. The van der Waals surface area contributed by atoms with Crippen molar-refractivity contribution in [3.8, 4) is 23.0 Å². The van der Waals surface area contributed by atoms with Gasteiger partial charge in [-0.25, -0.2) is 0 Å². The Labute approximate surface area is 190 Å². The standard InChI is InChI=1S/C27H32N2O3/c1-30-23-10-7-20(8-11-23)5-6-21-9-16-26(29-19-22-4-3-17-28-22)27(18-21)32-25-14-12-24(31-2)13-15-25/h7-16,18,22,28-29H,3-6,17,19H2,1-2H3/t22-/m0/s1. The molecule has 0 aromatic heterocycles. The van der Waals surface area contributed by atoms with Gasteiger partial charge in [0.15, 0.2) is 5.75 Å². The summed E-state index contributed by atoms with van der Waals surface area (Å²) in [7, 11) is 3.36. The van der Waals surface area contributed by atoms with Gasteiger partial charge in [0, 0.05) is 12.6 Å². The summed E-state index contributed by atoms with van der Waals surface area (Å²) in [5.41, 5.74) is 3.55. The summed E-state index contributed by atoms with van der Waals surface area (Å²) < 4.78 is 16.8. The lowest BCUT2D eigenvalue weighted by Gasteiger charge is -2.17. The molecular weight excluding hydrogens is 400 g/mol. The molecule has 1 fully saturated rings. The number of hydrogen-bond acceptors (Lipinski definition) is 5. The van der Waals surface area contributed by atoms with Gasteiger partial charge in [-0.1, -0.05) is 18.2 Å². The van der Waals surface area contributed by atoms with E-state index in [9.17, 15) is 0 Å². The van der Waals surface area contributed by atoms with Crippen LogP contribution in [0.4, 0.5) is 5.69 Å². The summed E-state index contributed by atoms with van der Waals surface area (Å²) in [6, 6.07) is 23.0. The van der Waals surface area contributed by atoms with Gasteiger partial charge in [0.1, 0.15) is 17.2 Å². The second-order valence-corrected chi connectivity index (χ2v) is 8.13. The average Bonchev–Trinajstić information content (AvgIpc) is 3.37. The van der Waals surface area contributed by atoms with Crippen LogP contribution >= 0.6 is 0 Å². The van der Waals surface area contributed by atoms with Crippen LogP contribution in [-0.2, 0) is 12.8 Å². The van der Waals surface area contributed by atoms with Crippen molar-refractivity contribution in [2.24, 2.45) is 0 Å². The molecule has 2 N–H and O–H groups in total. The molecule has 0 radical (unpaired) electrons. The summed E-state index contributed by atoms with van der Waals surface area (Å²) in [5, 5.41) is 7.13. The molecule has 5 nitrogen and oxygen atoms in total. The van der Waals surface area contributed by atoms with Crippen LogP contribution in [0.5, 0.6) is 23.0 Å². The van der Waals surface area contributed by atoms with Gasteiger partial charge in [0.25, 0.3) is 0 Å². The van der Waals surface area contributed by atoms with Crippen molar-refractivity contribution in [2.45, 2.75) is 31.7 Å². The Morgan fingerprint density at radius 3 is 2.09 bits per heavy atom. The van der Waals surface area contributed by atoms with E-state index in [-0.39, 0.29) is 0 Å². The molecule has 4 rings (SSSR count). The summed E-state index contributed by atoms with van der Waals surface area (Å²) in [6.45, 7) is 2.00. The third kappa shape index (κ3) is 5.95. The predicted molar refractivity (Wildman–Crippen MR) is 129 cm³/mol. The van der Waals surface area contributed by atoms with Crippen LogP contribution < -0.4 is 24.8 Å². The Morgan fingerprint density at radius 2 is 1.44 bits per heavy atom. The van der Waals surface area contributed by atoms with E-state index in [4.69, 9.17) is 14.2 Å². The number of benzene rings is 3. The van der Waals surface area contributed by atoms with E-state index in [1.165, 1.54) is 24.0 Å². The first-order valence-electron chi connectivity index (χ1n) is 11.3. The fourth-order valence-corrected chi connectivity index (χ4v) is 3.97. The number of nitrogens with one attached hydrogen (secondary N) is 2. The quantitative estimate of drug-likeness (QED) is 0.446. The first-order valence-corrected chi connectivity index (χ1v) is 11.3. The van der Waals surface area contributed by atoms with Crippen molar-refractivity contribution >= 4 is 5.69 Å². The first-order chi connectivity index (χ1) is 15.7. The van der Waals surface area contributed by atoms with E-state index in [1.54, 1.807) is 14.2 Å². The van der Waals surface area contributed by atoms with Crippen LogP contribution in [0, 0.1) is 0 Å². The lowest BCUT2D eigenvalue weighted by atomic mass is 10.0. The molecule has 3 aromatic carbocycles. The molecule has 1 atom stereocenters. The summed E-state index contributed by atoms with van der Waals surface area (Å²) in [4.78, 5) is 0. The summed E-state index contributed by atoms with van der Waals surface area (Å²) >= 11 is 0. The van der Waals surface area contributed by atoms with E-state index in [2.05, 4.69) is 41.0 Å². The van der Waals surface area contributed by atoms with Gasteiger partial charge in [0.2, 0.25) is 0 Å². The molecule has 1 heterocycles. The van der Waals surface area contributed by atoms with Crippen LogP contribution in [0.15, 0.2) is 66.7 Å². The fraction of sp³-hybridized carbons (Fsp3) is 0.333. The number of hydrogen-bond donors (Lipinski definition) is 2. The molecular formula is C27H32N2O3. The minimum atomic E-state index is 0.513. The Bertz CT molecular complexity index is 981. The van der Waals surface area contributed by atoms with Crippen LogP contribution in [-0.4, -0.2) is 33.4 Å². The van der Waals surface area contributed by atoms with E-state index >= 15 is 0 Å². The van der Waals surface area contributed by atoms with Gasteiger partial charge in [-0.2, -0.15) is 0 Å². The highest BCUT2D eigenvalue weighted by atomic mass is 16.5. The third-order valence-electron chi connectivity index (χ3n) is 5.90. The molecule has 3 aromatic rings. The predicted octanol–water partition coefficient (Wildman–Crippen LogP) is 5.45. The zero-order chi connectivity index (χ0) is 22.2. The zero-order valence-electron chi connectivity index (χ0n) is 18.9. The number of aryl methyl sites for hydroxylation is 2. The number of rotatable bonds is 10. The largest absolute Gasteiger partial charge is 0.497 e. The molecule has 1 aliphatic heterocycles. The van der Waals surface area contributed by atoms with Crippen molar-refractivity contribution in [3.63, 3.8) is 0 Å². The van der Waals surface area contributed by atoms with Gasteiger partial charge >= 0.3 is 0 Å². The SMILES string of the molecule is COc1ccc(CCc2ccc(NC[C@@H]3CCCN3)c(Oc3ccc(OC)cc3)c2)cc1. The van der Waals surface area contributed by atoms with E-state index < -0.39 is 0 Å². The van der Waals surface area contributed by atoms with E-state index in [0.717, 1.165) is 54.6 Å². The van der Waals surface area contributed by atoms with Crippen molar-refractivity contribution < 1.29 is 14.2 Å².